The van der Waals surface area contributed by atoms with Gasteiger partial charge >= 0.3 is 0 Å². The average Bonchev–Trinajstić information content (AvgIpc) is 2.88. The Labute approximate surface area is 107 Å². The fraction of sp³-hybridized carbons (Fsp3) is 0.385. The van der Waals surface area contributed by atoms with E-state index in [1.807, 2.05) is 0 Å². The summed E-state index contributed by atoms with van der Waals surface area (Å²) in [5, 5.41) is 7.52. The summed E-state index contributed by atoms with van der Waals surface area (Å²) in [6.07, 6.45) is 3.26. The predicted molar refractivity (Wildman–Crippen MR) is 69.7 cm³/mol. The molecule has 0 unspecified atom stereocenters. The minimum Gasteiger partial charge on any atom is -0.383 e. The fourth-order valence-electron chi connectivity index (χ4n) is 1.81. The van der Waals surface area contributed by atoms with E-state index in [0.717, 1.165) is 18.8 Å². The molecule has 0 amide bonds. The van der Waals surface area contributed by atoms with E-state index in [1.165, 1.54) is 11.1 Å². The summed E-state index contributed by atoms with van der Waals surface area (Å²) in [7, 11) is 1.70. The number of benzene rings is 1. The zero-order valence-electron chi connectivity index (χ0n) is 10.8. The van der Waals surface area contributed by atoms with Crippen LogP contribution in [0.5, 0.6) is 0 Å². The van der Waals surface area contributed by atoms with Gasteiger partial charge in [-0.05, 0) is 18.6 Å². The van der Waals surface area contributed by atoms with E-state index in [-0.39, 0.29) is 0 Å². The van der Waals surface area contributed by atoms with Gasteiger partial charge in [-0.2, -0.15) is 5.10 Å². The lowest BCUT2D eigenvalue weighted by Gasteiger charge is -2.11. The second-order valence-corrected chi connectivity index (χ2v) is 4.14. The molecule has 1 N–H and O–H groups in total. The highest BCUT2D eigenvalue weighted by atomic mass is 16.5. The van der Waals surface area contributed by atoms with Gasteiger partial charge in [0.2, 0.25) is 0 Å². The van der Waals surface area contributed by atoms with Crippen LogP contribution in [-0.4, -0.2) is 35.0 Å². The lowest BCUT2D eigenvalue weighted by molar-refractivity contribution is 0.199. The van der Waals surface area contributed by atoms with E-state index in [2.05, 4.69) is 40.5 Å². The van der Waals surface area contributed by atoms with Crippen molar-refractivity contribution in [2.45, 2.75) is 13.5 Å². The smallest absolute Gasteiger partial charge is 0.138 e. The third kappa shape index (κ3) is 3.15. The third-order valence-electron chi connectivity index (χ3n) is 2.70. The molecule has 0 aliphatic carbocycles. The lowest BCUT2D eigenvalue weighted by atomic mass is 10.1. The molecule has 96 valence electrons. The molecule has 1 aromatic carbocycles. The van der Waals surface area contributed by atoms with Crippen LogP contribution in [0.2, 0.25) is 0 Å². The minimum atomic E-state index is 0.713. The summed E-state index contributed by atoms with van der Waals surface area (Å²) >= 11 is 0. The van der Waals surface area contributed by atoms with Crippen molar-refractivity contribution in [3.8, 4) is 5.69 Å². The molecule has 2 rings (SSSR count). The molecule has 0 bridgehead atoms. The van der Waals surface area contributed by atoms with Crippen LogP contribution in [-0.2, 0) is 11.3 Å². The largest absolute Gasteiger partial charge is 0.383 e. The molecule has 0 radical (unpaired) electrons. The minimum absolute atomic E-state index is 0.713. The van der Waals surface area contributed by atoms with Gasteiger partial charge in [-0.15, -0.1) is 0 Å². The van der Waals surface area contributed by atoms with Crippen molar-refractivity contribution >= 4 is 0 Å². The molecule has 5 heteroatoms. The van der Waals surface area contributed by atoms with Gasteiger partial charge in [0.1, 0.15) is 12.7 Å². The Hall–Kier alpha value is -1.72. The van der Waals surface area contributed by atoms with Crippen molar-refractivity contribution in [1.82, 2.24) is 20.1 Å². The summed E-state index contributed by atoms with van der Waals surface area (Å²) in [5.74, 6) is 0. The number of aryl methyl sites for hydroxylation is 1. The second kappa shape index (κ2) is 6.28. The first kappa shape index (κ1) is 12.7. The van der Waals surface area contributed by atoms with Gasteiger partial charge in [0.15, 0.2) is 0 Å². The molecule has 18 heavy (non-hydrogen) atoms. The summed E-state index contributed by atoms with van der Waals surface area (Å²) in [5.41, 5.74) is 3.50. The van der Waals surface area contributed by atoms with Gasteiger partial charge in [-0.1, -0.05) is 17.7 Å². The molecule has 0 aliphatic rings. The van der Waals surface area contributed by atoms with Crippen molar-refractivity contribution in [3.05, 3.63) is 42.0 Å². The van der Waals surface area contributed by atoms with Crippen molar-refractivity contribution in [2.24, 2.45) is 0 Å². The quantitative estimate of drug-likeness (QED) is 0.781. The van der Waals surface area contributed by atoms with E-state index in [9.17, 15) is 0 Å². The van der Waals surface area contributed by atoms with Gasteiger partial charge in [-0.25, -0.2) is 9.67 Å². The van der Waals surface area contributed by atoms with Crippen LogP contribution < -0.4 is 5.32 Å². The zero-order chi connectivity index (χ0) is 12.8. The maximum atomic E-state index is 5.02. The van der Waals surface area contributed by atoms with Gasteiger partial charge in [0, 0.05) is 20.2 Å². The second-order valence-electron chi connectivity index (χ2n) is 4.14. The molecule has 1 aromatic heterocycles. The molecular formula is C13H18N4O. The van der Waals surface area contributed by atoms with Crippen LogP contribution in [0.15, 0.2) is 30.9 Å². The van der Waals surface area contributed by atoms with E-state index in [0.29, 0.717) is 6.61 Å². The van der Waals surface area contributed by atoms with Gasteiger partial charge in [0.05, 0.1) is 12.3 Å². The summed E-state index contributed by atoms with van der Waals surface area (Å²) in [4.78, 5) is 3.98. The first-order valence-corrected chi connectivity index (χ1v) is 5.95. The molecule has 0 aliphatic heterocycles. The highest BCUT2D eigenvalue weighted by Crippen LogP contribution is 2.15. The van der Waals surface area contributed by atoms with Crippen molar-refractivity contribution in [3.63, 3.8) is 0 Å². The van der Waals surface area contributed by atoms with E-state index < -0.39 is 0 Å². The molecular weight excluding hydrogens is 228 g/mol. The first-order valence-electron chi connectivity index (χ1n) is 5.95. The Balaban J connectivity index is 2.14. The van der Waals surface area contributed by atoms with Crippen molar-refractivity contribution < 1.29 is 4.74 Å². The number of hydrogen-bond acceptors (Lipinski definition) is 4. The normalized spacial score (nSPS) is 10.8. The van der Waals surface area contributed by atoms with E-state index >= 15 is 0 Å². The summed E-state index contributed by atoms with van der Waals surface area (Å²) in [6.45, 7) is 4.43. The maximum absolute atomic E-state index is 5.02. The Morgan fingerprint density at radius 3 is 3.00 bits per heavy atom. The SMILES string of the molecule is COCCNCc1cc(C)ccc1-n1cncn1. The molecule has 2 aromatic rings. The van der Waals surface area contributed by atoms with Gasteiger partial charge in [-0.3, -0.25) is 0 Å². The zero-order valence-corrected chi connectivity index (χ0v) is 10.8. The predicted octanol–water partition coefficient (Wildman–Crippen LogP) is 1.31. The number of nitrogens with one attached hydrogen (secondary N) is 1. The van der Waals surface area contributed by atoms with Crippen LogP contribution >= 0.6 is 0 Å². The van der Waals surface area contributed by atoms with Crippen molar-refractivity contribution in [2.75, 3.05) is 20.3 Å². The highest BCUT2D eigenvalue weighted by Gasteiger charge is 2.05. The number of nitrogens with zero attached hydrogens (tertiary/aromatic N) is 3. The van der Waals surface area contributed by atoms with E-state index in [4.69, 9.17) is 4.74 Å². The Kier molecular flexibility index (Phi) is 4.44. The standard InChI is InChI=1S/C13H18N4O/c1-11-3-4-13(17-10-15-9-16-17)12(7-11)8-14-5-6-18-2/h3-4,7,9-10,14H,5-6,8H2,1-2H3. The molecule has 0 atom stereocenters. The fourth-order valence-corrected chi connectivity index (χ4v) is 1.81. The van der Waals surface area contributed by atoms with Crippen LogP contribution in [0.3, 0.4) is 0 Å². The van der Waals surface area contributed by atoms with Crippen LogP contribution in [0, 0.1) is 6.92 Å². The number of hydrogen-bond donors (Lipinski definition) is 1. The molecule has 0 spiro atoms. The monoisotopic (exact) mass is 246 g/mol. The molecule has 0 fully saturated rings. The van der Waals surface area contributed by atoms with Crippen LogP contribution in [0.25, 0.3) is 5.69 Å². The first-order chi connectivity index (χ1) is 8.81. The summed E-state index contributed by atoms with van der Waals surface area (Å²) in [6, 6.07) is 6.31. The average molecular weight is 246 g/mol. The molecule has 0 saturated heterocycles. The topological polar surface area (TPSA) is 52.0 Å². The highest BCUT2D eigenvalue weighted by molar-refractivity contribution is 5.42. The van der Waals surface area contributed by atoms with Crippen LogP contribution in [0.1, 0.15) is 11.1 Å². The third-order valence-corrected chi connectivity index (χ3v) is 2.70. The summed E-state index contributed by atoms with van der Waals surface area (Å²) < 4.78 is 6.80. The number of ether oxygens (including phenoxy) is 1. The molecule has 5 nitrogen and oxygen atoms in total. The lowest BCUT2D eigenvalue weighted by Crippen LogP contribution is -2.19. The molecule has 1 heterocycles. The number of aromatic nitrogens is 3. The van der Waals surface area contributed by atoms with Crippen molar-refractivity contribution in [1.29, 1.82) is 0 Å². The van der Waals surface area contributed by atoms with Gasteiger partial charge < -0.3 is 10.1 Å². The maximum Gasteiger partial charge on any atom is 0.138 e. The number of rotatable bonds is 6. The van der Waals surface area contributed by atoms with Crippen LogP contribution in [0.4, 0.5) is 0 Å². The Morgan fingerprint density at radius 2 is 2.28 bits per heavy atom. The molecule has 0 saturated carbocycles. The van der Waals surface area contributed by atoms with Gasteiger partial charge in [0.25, 0.3) is 0 Å². The Bertz CT molecular complexity index is 482. The van der Waals surface area contributed by atoms with E-state index in [1.54, 1.807) is 24.4 Å². The number of methoxy groups -OCH3 is 1. The Morgan fingerprint density at radius 1 is 1.39 bits per heavy atom.